The second kappa shape index (κ2) is 8.01. The number of hydrogen-bond donors (Lipinski definition) is 2. The Labute approximate surface area is 164 Å². The first kappa shape index (κ1) is 17.9. The van der Waals surface area contributed by atoms with Gasteiger partial charge in [0.2, 0.25) is 5.88 Å². The molecule has 0 spiro atoms. The number of amides is 1. The van der Waals surface area contributed by atoms with Crippen LogP contribution in [0.15, 0.2) is 66.2 Å². The van der Waals surface area contributed by atoms with Crippen molar-refractivity contribution in [3.63, 3.8) is 0 Å². The summed E-state index contributed by atoms with van der Waals surface area (Å²) in [6.07, 6.45) is 1.61. The number of pyridine rings is 1. The number of carbonyl (C=O) groups is 1. The van der Waals surface area contributed by atoms with Gasteiger partial charge in [-0.3, -0.25) is 9.89 Å². The minimum absolute atomic E-state index is 0.273. The predicted octanol–water partition coefficient (Wildman–Crippen LogP) is 4.39. The number of nitrogens with zero attached hydrogens (tertiary/aromatic N) is 2. The van der Waals surface area contributed by atoms with E-state index in [0.29, 0.717) is 23.9 Å². The summed E-state index contributed by atoms with van der Waals surface area (Å²) in [5.74, 6) is 0.279. The molecule has 6 nitrogen and oxygen atoms in total. The van der Waals surface area contributed by atoms with Crippen molar-refractivity contribution in [3.8, 4) is 22.2 Å². The van der Waals surface area contributed by atoms with Gasteiger partial charge in [0.15, 0.2) is 5.69 Å². The second-order valence-electron chi connectivity index (χ2n) is 5.89. The van der Waals surface area contributed by atoms with Crippen molar-refractivity contribution >= 4 is 17.2 Å². The molecule has 3 aromatic heterocycles. The third-order valence-electron chi connectivity index (χ3n) is 3.88. The van der Waals surface area contributed by atoms with Crippen molar-refractivity contribution in [2.24, 2.45) is 0 Å². The van der Waals surface area contributed by atoms with E-state index in [0.717, 1.165) is 16.1 Å². The maximum absolute atomic E-state index is 12.9. The number of thiophene rings is 1. The van der Waals surface area contributed by atoms with Crippen molar-refractivity contribution in [2.75, 3.05) is 0 Å². The van der Waals surface area contributed by atoms with E-state index in [1.54, 1.807) is 35.7 Å². The summed E-state index contributed by atoms with van der Waals surface area (Å²) in [5, 5.41) is 11.7. The van der Waals surface area contributed by atoms with Gasteiger partial charge >= 0.3 is 0 Å². The summed E-state index contributed by atoms with van der Waals surface area (Å²) < 4.78 is 18.5. The zero-order valence-electron chi connectivity index (χ0n) is 14.6. The van der Waals surface area contributed by atoms with Crippen LogP contribution in [-0.4, -0.2) is 21.1 Å². The zero-order valence-corrected chi connectivity index (χ0v) is 15.4. The number of halogens is 1. The van der Waals surface area contributed by atoms with Gasteiger partial charge in [0.25, 0.3) is 5.91 Å². The second-order valence-corrected chi connectivity index (χ2v) is 6.84. The SMILES string of the molecule is O=C(NCc1ccc(Oc2ccc(F)cc2)nc1)c1cc(-c2cccs2)[nH]n1. The Morgan fingerprint density at radius 2 is 2.04 bits per heavy atom. The van der Waals surface area contributed by atoms with E-state index in [2.05, 4.69) is 20.5 Å². The molecule has 0 atom stereocenters. The first-order chi connectivity index (χ1) is 13.7. The summed E-state index contributed by atoms with van der Waals surface area (Å²) in [7, 11) is 0. The van der Waals surface area contributed by atoms with Crippen molar-refractivity contribution in [1.29, 1.82) is 0 Å². The highest BCUT2D eigenvalue weighted by Crippen LogP contribution is 2.23. The maximum atomic E-state index is 12.9. The Morgan fingerprint density at radius 1 is 1.18 bits per heavy atom. The van der Waals surface area contributed by atoms with Gasteiger partial charge in [-0.1, -0.05) is 12.1 Å². The predicted molar refractivity (Wildman–Crippen MR) is 104 cm³/mol. The van der Waals surface area contributed by atoms with Gasteiger partial charge in [-0.2, -0.15) is 5.10 Å². The number of aromatic nitrogens is 3. The summed E-state index contributed by atoms with van der Waals surface area (Å²) in [6, 6.07) is 14.8. The first-order valence-electron chi connectivity index (χ1n) is 8.43. The summed E-state index contributed by atoms with van der Waals surface area (Å²) in [5.41, 5.74) is 1.95. The molecular weight excluding hydrogens is 379 g/mol. The average molecular weight is 394 g/mol. The lowest BCUT2D eigenvalue weighted by Gasteiger charge is -2.06. The number of benzene rings is 1. The first-order valence-corrected chi connectivity index (χ1v) is 9.31. The van der Waals surface area contributed by atoms with Crippen LogP contribution in [0.3, 0.4) is 0 Å². The number of ether oxygens (including phenoxy) is 1. The minimum Gasteiger partial charge on any atom is -0.439 e. The molecular formula is C20H15FN4O2S. The molecule has 4 aromatic rings. The quantitative estimate of drug-likeness (QED) is 0.508. The Kier molecular flexibility index (Phi) is 5.11. The lowest BCUT2D eigenvalue weighted by Crippen LogP contribution is -2.23. The van der Waals surface area contributed by atoms with E-state index in [4.69, 9.17) is 4.74 Å². The molecule has 0 radical (unpaired) electrons. The third-order valence-corrected chi connectivity index (χ3v) is 4.79. The lowest BCUT2D eigenvalue weighted by atomic mass is 10.2. The van der Waals surface area contributed by atoms with Crippen LogP contribution in [0.2, 0.25) is 0 Å². The van der Waals surface area contributed by atoms with Crippen LogP contribution in [0.1, 0.15) is 16.1 Å². The highest BCUT2D eigenvalue weighted by molar-refractivity contribution is 7.13. The topological polar surface area (TPSA) is 79.9 Å². The summed E-state index contributed by atoms with van der Waals surface area (Å²) in [4.78, 5) is 17.5. The van der Waals surface area contributed by atoms with Crippen LogP contribution >= 0.6 is 11.3 Å². The van der Waals surface area contributed by atoms with E-state index < -0.39 is 0 Å². The minimum atomic E-state index is -0.328. The summed E-state index contributed by atoms with van der Waals surface area (Å²) in [6.45, 7) is 0.309. The molecule has 4 rings (SSSR count). The molecule has 1 aromatic carbocycles. The highest BCUT2D eigenvalue weighted by Gasteiger charge is 2.12. The van der Waals surface area contributed by atoms with Crippen LogP contribution in [0.25, 0.3) is 10.6 Å². The number of carbonyl (C=O) groups excluding carboxylic acids is 1. The molecule has 0 fully saturated rings. The van der Waals surface area contributed by atoms with E-state index in [9.17, 15) is 9.18 Å². The smallest absolute Gasteiger partial charge is 0.272 e. The normalized spacial score (nSPS) is 10.6. The molecule has 140 valence electrons. The zero-order chi connectivity index (χ0) is 19.3. The monoisotopic (exact) mass is 394 g/mol. The van der Waals surface area contributed by atoms with Gasteiger partial charge in [-0.15, -0.1) is 11.3 Å². The summed E-state index contributed by atoms with van der Waals surface area (Å²) >= 11 is 1.57. The largest absolute Gasteiger partial charge is 0.439 e. The van der Waals surface area contributed by atoms with Crippen LogP contribution in [0.5, 0.6) is 11.6 Å². The molecule has 0 aliphatic rings. The lowest BCUT2D eigenvalue weighted by molar-refractivity contribution is 0.0946. The number of H-pyrrole nitrogens is 1. The fraction of sp³-hybridized carbons (Fsp3) is 0.0500. The maximum Gasteiger partial charge on any atom is 0.272 e. The van der Waals surface area contributed by atoms with E-state index in [1.807, 2.05) is 17.5 Å². The average Bonchev–Trinajstić information content (AvgIpc) is 3.41. The van der Waals surface area contributed by atoms with Crippen LogP contribution in [0, 0.1) is 5.82 Å². The number of aromatic amines is 1. The van der Waals surface area contributed by atoms with Crippen molar-refractivity contribution in [3.05, 3.63) is 83.2 Å². The Hall–Kier alpha value is -3.52. The van der Waals surface area contributed by atoms with Crippen LogP contribution in [0.4, 0.5) is 4.39 Å². The Balaban J connectivity index is 1.33. The molecule has 0 unspecified atom stereocenters. The van der Waals surface area contributed by atoms with Gasteiger partial charge < -0.3 is 10.1 Å². The fourth-order valence-electron chi connectivity index (χ4n) is 2.47. The van der Waals surface area contributed by atoms with Crippen LogP contribution in [-0.2, 0) is 6.54 Å². The highest BCUT2D eigenvalue weighted by atomic mass is 32.1. The standard InChI is InChI=1S/C20H15FN4O2S/c21-14-4-6-15(7-5-14)27-19-8-3-13(11-22-19)12-23-20(26)17-10-16(24-25-17)18-2-1-9-28-18/h1-11H,12H2,(H,23,26)(H,24,25). The van der Waals surface area contributed by atoms with E-state index in [1.165, 1.54) is 24.3 Å². The molecule has 0 aliphatic heterocycles. The molecule has 0 bridgehead atoms. The number of nitrogens with one attached hydrogen (secondary N) is 2. The van der Waals surface area contributed by atoms with E-state index >= 15 is 0 Å². The van der Waals surface area contributed by atoms with E-state index in [-0.39, 0.29) is 11.7 Å². The fourth-order valence-corrected chi connectivity index (χ4v) is 3.16. The number of rotatable bonds is 6. The van der Waals surface area contributed by atoms with Gasteiger partial charge in [0.05, 0.1) is 10.6 Å². The van der Waals surface area contributed by atoms with Crippen molar-refractivity contribution in [2.45, 2.75) is 6.54 Å². The number of hydrogen-bond acceptors (Lipinski definition) is 5. The Bertz CT molecular complexity index is 1060. The molecule has 1 amide bonds. The molecule has 0 saturated heterocycles. The Morgan fingerprint density at radius 3 is 2.75 bits per heavy atom. The van der Waals surface area contributed by atoms with Gasteiger partial charge in [0.1, 0.15) is 11.6 Å². The molecule has 8 heteroatoms. The van der Waals surface area contributed by atoms with Gasteiger partial charge in [-0.05, 0) is 47.3 Å². The third kappa shape index (κ3) is 4.24. The molecule has 28 heavy (non-hydrogen) atoms. The molecule has 0 saturated carbocycles. The molecule has 2 N–H and O–H groups in total. The van der Waals surface area contributed by atoms with Gasteiger partial charge in [0, 0.05) is 18.8 Å². The van der Waals surface area contributed by atoms with Gasteiger partial charge in [-0.25, -0.2) is 9.37 Å². The van der Waals surface area contributed by atoms with Crippen molar-refractivity contribution < 1.29 is 13.9 Å². The molecule has 3 heterocycles. The molecule has 0 aliphatic carbocycles. The van der Waals surface area contributed by atoms with Crippen molar-refractivity contribution in [1.82, 2.24) is 20.5 Å². The van der Waals surface area contributed by atoms with Crippen LogP contribution < -0.4 is 10.1 Å².